The summed E-state index contributed by atoms with van der Waals surface area (Å²) in [5.74, 6) is 0.325. The number of ether oxygens (including phenoxy) is 1. The zero-order valence-corrected chi connectivity index (χ0v) is 15.9. The molecule has 0 saturated carbocycles. The Hall–Kier alpha value is -1.62. The van der Waals surface area contributed by atoms with Crippen molar-refractivity contribution in [3.8, 4) is 0 Å². The van der Waals surface area contributed by atoms with E-state index in [1.807, 2.05) is 63.3 Å². The fourth-order valence-corrected chi connectivity index (χ4v) is 3.19. The quantitative estimate of drug-likeness (QED) is 0.557. The fraction of sp³-hybridized carbons (Fsp3) is 0.526. The third kappa shape index (κ3) is 8.87. The Morgan fingerprint density at radius 2 is 1.96 bits per heavy atom. The molecule has 1 aromatic rings. The van der Waals surface area contributed by atoms with Crippen LogP contribution in [0.4, 0.5) is 4.79 Å². The highest BCUT2D eigenvalue weighted by atomic mass is 32.2. The van der Waals surface area contributed by atoms with Crippen LogP contribution in [0.25, 0.3) is 0 Å². The molecule has 1 N–H and O–H groups in total. The number of rotatable bonds is 8. The summed E-state index contributed by atoms with van der Waals surface area (Å²) in [6, 6.07) is 8.96. The van der Waals surface area contributed by atoms with Crippen LogP contribution in [0.3, 0.4) is 0 Å². The predicted molar refractivity (Wildman–Crippen MR) is 99.5 cm³/mol. The van der Waals surface area contributed by atoms with E-state index in [1.54, 1.807) is 0 Å². The van der Waals surface area contributed by atoms with Crippen molar-refractivity contribution in [3.05, 3.63) is 42.5 Å². The van der Waals surface area contributed by atoms with Crippen LogP contribution in [0, 0.1) is 0 Å². The lowest BCUT2D eigenvalue weighted by Gasteiger charge is -2.22. The van der Waals surface area contributed by atoms with Crippen LogP contribution in [-0.4, -0.2) is 27.7 Å². The largest absolute Gasteiger partial charge is 0.444 e. The second kappa shape index (κ2) is 10.3. The summed E-state index contributed by atoms with van der Waals surface area (Å²) >= 11 is 0. The van der Waals surface area contributed by atoms with Crippen molar-refractivity contribution in [2.75, 3.05) is 5.75 Å². The zero-order valence-electron chi connectivity index (χ0n) is 15.1. The van der Waals surface area contributed by atoms with Gasteiger partial charge < -0.3 is 10.1 Å². The van der Waals surface area contributed by atoms with Crippen molar-refractivity contribution in [3.63, 3.8) is 0 Å². The highest BCUT2D eigenvalue weighted by Crippen LogP contribution is 2.10. The van der Waals surface area contributed by atoms with Gasteiger partial charge in [0.2, 0.25) is 0 Å². The van der Waals surface area contributed by atoms with Gasteiger partial charge in [0, 0.05) is 4.90 Å². The molecule has 2 atom stereocenters. The summed E-state index contributed by atoms with van der Waals surface area (Å²) in [7, 11) is -1.18. The molecule has 0 radical (unpaired) electrons. The molecule has 1 unspecified atom stereocenters. The van der Waals surface area contributed by atoms with Gasteiger partial charge in [-0.1, -0.05) is 50.1 Å². The lowest BCUT2D eigenvalue weighted by Crippen LogP contribution is -2.40. The monoisotopic (exact) mass is 351 g/mol. The van der Waals surface area contributed by atoms with Crippen LogP contribution >= 0.6 is 0 Å². The SMILES string of the molecule is CCCC/C=C\[C@H](CS(=O)c1ccccc1)NC(=O)OC(C)(C)C. The number of unbranched alkanes of at least 4 members (excludes halogenated alkanes) is 2. The first-order valence-electron chi connectivity index (χ1n) is 8.41. The second-order valence-electron chi connectivity index (χ2n) is 6.65. The van der Waals surface area contributed by atoms with Gasteiger partial charge in [-0.25, -0.2) is 4.79 Å². The van der Waals surface area contributed by atoms with Crippen LogP contribution in [0.2, 0.25) is 0 Å². The third-order valence-corrected chi connectivity index (χ3v) is 4.59. The van der Waals surface area contributed by atoms with Gasteiger partial charge in [0.1, 0.15) is 5.60 Å². The van der Waals surface area contributed by atoms with Crippen LogP contribution in [0.15, 0.2) is 47.4 Å². The minimum Gasteiger partial charge on any atom is -0.444 e. The minimum absolute atomic E-state index is 0.322. The molecule has 0 aliphatic heterocycles. The van der Waals surface area contributed by atoms with Crippen molar-refractivity contribution >= 4 is 16.9 Å². The normalized spacial score (nSPS) is 14.3. The molecular weight excluding hydrogens is 322 g/mol. The maximum absolute atomic E-state index is 12.5. The summed E-state index contributed by atoms with van der Waals surface area (Å²) in [6.45, 7) is 7.59. The maximum atomic E-state index is 12.5. The van der Waals surface area contributed by atoms with Crippen LogP contribution in [0.1, 0.15) is 47.0 Å². The molecule has 0 aromatic heterocycles. The molecule has 1 amide bonds. The molecular formula is C19H29NO3S. The number of hydrogen-bond acceptors (Lipinski definition) is 3. The second-order valence-corrected chi connectivity index (χ2v) is 8.14. The number of allylic oxidation sites excluding steroid dienone is 1. The Morgan fingerprint density at radius 1 is 1.29 bits per heavy atom. The van der Waals surface area contributed by atoms with Crippen molar-refractivity contribution in [2.45, 2.75) is 63.5 Å². The molecule has 1 aromatic carbocycles. The molecule has 0 spiro atoms. The molecule has 1 rings (SSSR count). The standard InChI is InChI=1S/C19H29NO3S/c1-5-6-7-9-12-16(20-18(21)23-19(2,3)4)15-24(22)17-13-10-8-11-14-17/h8-14,16H,5-7,15H2,1-4H3,(H,20,21)/b12-9-/t16-,24?/m1/s1. The first-order chi connectivity index (χ1) is 11.3. The summed E-state index contributed by atoms with van der Waals surface area (Å²) in [4.78, 5) is 12.8. The smallest absolute Gasteiger partial charge is 0.408 e. The lowest BCUT2D eigenvalue weighted by atomic mass is 10.2. The van der Waals surface area contributed by atoms with Crippen molar-refractivity contribution in [2.24, 2.45) is 0 Å². The number of hydrogen-bond donors (Lipinski definition) is 1. The summed E-state index contributed by atoms with van der Waals surface area (Å²) in [6.07, 6.45) is 6.62. The Morgan fingerprint density at radius 3 is 2.54 bits per heavy atom. The van der Waals surface area contributed by atoms with Gasteiger partial charge in [0.15, 0.2) is 0 Å². The lowest BCUT2D eigenvalue weighted by molar-refractivity contribution is 0.0518. The Kier molecular flexibility index (Phi) is 8.76. The molecule has 24 heavy (non-hydrogen) atoms. The van der Waals surface area contributed by atoms with Crippen LogP contribution in [0.5, 0.6) is 0 Å². The van der Waals surface area contributed by atoms with Crippen LogP contribution < -0.4 is 5.32 Å². The highest BCUT2D eigenvalue weighted by molar-refractivity contribution is 7.85. The fourth-order valence-electron chi connectivity index (χ4n) is 2.02. The predicted octanol–water partition coefficient (Wildman–Crippen LogP) is 4.43. The van der Waals surface area contributed by atoms with E-state index in [1.165, 1.54) is 0 Å². The molecule has 0 aliphatic rings. The topological polar surface area (TPSA) is 55.4 Å². The van der Waals surface area contributed by atoms with E-state index < -0.39 is 22.5 Å². The van der Waals surface area contributed by atoms with E-state index in [-0.39, 0.29) is 6.04 Å². The summed E-state index contributed by atoms with van der Waals surface area (Å²) < 4.78 is 17.8. The Balaban J connectivity index is 2.71. The van der Waals surface area contributed by atoms with Gasteiger partial charge in [-0.05, 0) is 39.3 Å². The van der Waals surface area contributed by atoms with E-state index in [9.17, 15) is 9.00 Å². The van der Waals surface area contributed by atoms with Crippen LogP contribution in [-0.2, 0) is 15.5 Å². The van der Waals surface area contributed by atoms with Crippen molar-refractivity contribution < 1.29 is 13.7 Å². The first kappa shape index (κ1) is 20.4. The first-order valence-corrected chi connectivity index (χ1v) is 9.73. The van der Waals surface area contributed by atoms with Crippen molar-refractivity contribution in [1.82, 2.24) is 5.32 Å². The Bertz CT molecular complexity index is 549. The number of carbonyl (C=O) groups excluding carboxylic acids is 1. The van der Waals surface area contributed by atoms with E-state index in [0.29, 0.717) is 5.75 Å². The minimum atomic E-state index is -1.18. The number of alkyl carbamates (subject to hydrolysis) is 1. The average molecular weight is 352 g/mol. The third-order valence-electron chi connectivity index (χ3n) is 3.13. The summed E-state index contributed by atoms with van der Waals surface area (Å²) in [5.41, 5.74) is -0.556. The average Bonchev–Trinajstić information content (AvgIpc) is 2.50. The van der Waals surface area contributed by atoms with E-state index in [4.69, 9.17) is 4.74 Å². The molecule has 134 valence electrons. The number of benzene rings is 1. The van der Waals surface area contributed by atoms with Crippen molar-refractivity contribution in [1.29, 1.82) is 0 Å². The van der Waals surface area contributed by atoms with Gasteiger partial charge >= 0.3 is 6.09 Å². The van der Waals surface area contributed by atoms with Gasteiger partial charge in [-0.15, -0.1) is 0 Å². The molecule has 0 aliphatic carbocycles. The van der Waals surface area contributed by atoms with E-state index in [2.05, 4.69) is 12.2 Å². The molecule has 0 bridgehead atoms. The molecule has 0 saturated heterocycles. The molecule has 5 heteroatoms. The summed E-state index contributed by atoms with van der Waals surface area (Å²) in [5, 5.41) is 2.81. The van der Waals surface area contributed by atoms with Gasteiger partial charge in [0.25, 0.3) is 0 Å². The van der Waals surface area contributed by atoms with E-state index in [0.717, 1.165) is 24.2 Å². The van der Waals surface area contributed by atoms with Gasteiger partial charge in [-0.2, -0.15) is 0 Å². The molecule has 4 nitrogen and oxygen atoms in total. The zero-order chi connectivity index (χ0) is 18.0. The van der Waals surface area contributed by atoms with Gasteiger partial charge in [-0.3, -0.25) is 4.21 Å². The molecule has 0 heterocycles. The number of carbonyl (C=O) groups is 1. The van der Waals surface area contributed by atoms with E-state index >= 15 is 0 Å². The maximum Gasteiger partial charge on any atom is 0.408 e. The molecule has 0 fully saturated rings. The number of amides is 1. The Labute approximate surface area is 148 Å². The highest BCUT2D eigenvalue weighted by Gasteiger charge is 2.20. The number of nitrogens with one attached hydrogen (secondary N) is 1. The van der Waals surface area contributed by atoms with Gasteiger partial charge in [0.05, 0.1) is 22.6 Å².